The number of carbonyl (C=O) groups excluding carboxylic acids is 1. The summed E-state index contributed by atoms with van der Waals surface area (Å²) in [5.74, 6) is 3.83. The van der Waals surface area contributed by atoms with Crippen LogP contribution in [0.25, 0.3) is 0 Å². The van der Waals surface area contributed by atoms with Crippen LogP contribution in [0, 0.1) is 12.3 Å². The molecule has 3 rings (SSSR count). The van der Waals surface area contributed by atoms with Crippen molar-refractivity contribution in [1.82, 2.24) is 10.3 Å². The first kappa shape index (κ1) is 15.9. The normalized spacial score (nSPS) is 15.2. The van der Waals surface area contributed by atoms with Crippen molar-refractivity contribution in [2.75, 3.05) is 19.0 Å². The Morgan fingerprint density at radius 1 is 1.42 bits per heavy atom. The lowest BCUT2D eigenvalue weighted by atomic mass is 10.1. The van der Waals surface area contributed by atoms with Gasteiger partial charge in [0.15, 0.2) is 0 Å². The fraction of sp³-hybridized carbons (Fsp3) is 0.263. The van der Waals surface area contributed by atoms with Crippen molar-refractivity contribution in [3.05, 3.63) is 53.2 Å². The lowest BCUT2D eigenvalue weighted by Gasteiger charge is -2.15. The molecule has 1 aromatic carbocycles. The third-order valence-electron chi connectivity index (χ3n) is 4.15. The standard InChI is InChI=1S/C19H19N3O2/c1-3-11-20-19(23)13-7-10-18(21-12-13)22-16-9-8-15-14(16)5-4-6-17(15)24-2/h1,4-7,10,12,16H,8-9,11H2,2H3,(H,20,23)(H,21,22). The summed E-state index contributed by atoms with van der Waals surface area (Å²) >= 11 is 0. The number of fused-ring (bicyclic) bond motifs is 1. The molecule has 1 amide bonds. The summed E-state index contributed by atoms with van der Waals surface area (Å²) in [7, 11) is 1.70. The topological polar surface area (TPSA) is 63.2 Å². The molecule has 1 aromatic heterocycles. The predicted octanol–water partition coefficient (Wildman–Crippen LogP) is 2.55. The molecule has 0 fully saturated rings. The van der Waals surface area contributed by atoms with Gasteiger partial charge in [-0.05, 0) is 42.2 Å². The number of nitrogens with zero attached hydrogens (tertiary/aromatic N) is 1. The summed E-state index contributed by atoms with van der Waals surface area (Å²) < 4.78 is 5.43. The number of carbonyl (C=O) groups is 1. The second kappa shape index (κ2) is 7.05. The lowest BCUT2D eigenvalue weighted by molar-refractivity contribution is 0.0958. The summed E-state index contributed by atoms with van der Waals surface area (Å²) in [6.07, 6.45) is 8.65. The van der Waals surface area contributed by atoms with E-state index in [0.29, 0.717) is 5.56 Å². The average Bonchev–Trinajstić information content (AvgIpc) is 3.03. The van der Waals surface area contributed by atoms with Gasteiger partial charge in [-0.2, -0.15) is 0 Å². The number of anilines is 1. The Labute approximate surface area is 141 Å². The molecule has 0 saturated carbocycles. The number of hydrogen-bond acceptors (Lipinski definition) is 4. The van der Waals surface area contributed by atoms with Crippen LogP contribution in [0.2, 0.25) is 0 Å². The highest BCUT2D eigenvalue weighted by Gasteiger charge is 2.25. The first-order valence-electron chi connectivity index (χ1n) is 7.83. The van der Waals surface area contributed by atoms with E-state index < -0.39 is 0 Å². The van der Waals surface area contributed by atoms with Gasteiger partial charge in [0.2, 0.25) is 0 Å². The second-order valence-electron chi connectivity index (χ2n) is 5.58. The largest absolute Gasteiger partial charge is 0.496 e. The zero-order valence-electron chi connectivity index (χ0n) is 13.5. The van der Waals surface area contributed by atoms with E-state index in [1.165, 1.54) is 11.1 Å². The maximum absolute atomic E-state index is 11.8. The molecule has 24 heavy (non-hydrogen) atoms. The number of terminal acetylenes is 1. The molecule has 1 heterocycles. The number of amides is 1. The van der Waals surface area contributed by atoms with E-state index in [9.17, 15) is 4.79 Å². The van der Waals surface area contributed by atoms with Gasteiger partial charge in [0.1, 0.15) is 11.6 Å². The van der Waals surface area contributed by atoms with Crippen LogP contribution in [0.5, 0.6) is 5.75 Å². The van der Waals surface area contributed by atoms with Crippen LogP contribution >= 0.6 is 0 Å². The third kappa shape index (κ3) is 3.18. The van der Waals surface area contributed by atoms with Gasteiger partial charge >= 0.3 is 0 Å². The Morgan fingerprint density at radius 2 is 2.29 bits per heavy atom. The minimum absolute atomic E-state index is 0.198. The fourth-order valence-electron chi connectivity index (χ4n) is 2.99. The van der Waals surface area contributed by atoms with Crippen LogP contribution in [-0.4, -0.2) is 24.5 Å². The molecule has 0 aliphatic heterocycles. The van der Waals surface area contributed by atoms with Gasteiger partial charge in [-0.25, -0.2) is 4.98 Å². The van der Waals surface area contributed by atoms with Crippen LogP contribution in [0.3, 0.4) is 0 Å². The molecule has 122 valence electrons. The van der Waals surface area contributed by atoms with Gasteiger partial charge in [0, 0.05) is 6.20 Å². The van der Waals surface area contributed by atoms with E-state index in [1.54, 1.807) is 19.4 Å². The van der Waals surface area contributed by atoms with Crippen molar-refractivity contribution >= 4 is 11.7 Å². The minimum atomic E-state index is -0.219. The first-order chi connectivity index (χ1) is 11.7. The van der Waals surface area contributed by atoms with Crippen molar-refractivity contribution in [3.8, 4) is 18.1 Å². The summed E-state index contributed by atoms with van der Waals surface area (Å²) in [6.45, 7) is 0.208. The van der Waals surface area contributed by atoms with E-state index >= 15 is 0 Å². The zero-order chi connectivity index (χ0) is 16.9. The number of ether oxygens (including phenoxy) is 1. The molecule has 1 aliphatic carbocycles. The van der Waals surface area contributed by atoms with Gasteiger partial charge < -0.3 is 15.4 Å². The van der Waals surface area contributed by atoms with Crippen molar-refractivity contribution in [2.45, 2.75) is 18.9 Å². The molecule has 0 spiro atoms. The second-order valence-corrected chi connectivity index (χ2v) is 5.58. The fourth-order valence-corrected chi connectivity index (χ4v) is 2.99. The van der Waals surface area contributed by atoms with Crippen molar-refractivity contribution in [2.24, 2.45) is 0 Å². The van der Waals surface area contributed by atoms with E-state index in [-0.39, 0.29) is 18.5 Å². The van der Waals surface area contributed by atoms with Gasteiger partial charge in [-0.1, -0.05) is 18.1 Å². The number of nitrogens with one attached hydrogen (secondary N) is 2. The van der Waals surface area contributed by atoms with Gasteiger partial charge in [-0.15, -0.1) is 6.42 Å². The molecular weight excluding hydrogens is 302 g/mol. The van der Waals surface area contributed by atoms with Gasteiger partial charge in [0.25, 0.3) is 5.91 Å². The van der Waals surface area contributed by atoms with Crippen LogP contribution in [0.4, 0.5) is 5.82 Å². The predicted molar refractivity (Wildman–Crippen MR) is 93.1 cm³/mol. The Hall–Kier alpha value is -3.00. The molecule has 0 bridgehead atoms. The highest BCUT2D eigenvalue weighted by Crippen LogP contribution is 2.38. The molecule has 1 unspecified atom stereocenters. The van der Waals surface area contributed by atoms with Crippen molar-refractivity contribution < 1.29 is 9.53 Å². The third-order valence-corrected chi connectivity index (χ3v) is 4.15. The summed E-state index contributed by atoms with van der Waals surface area (Å²) in [5, 5.41) is 6.04. The maximum atomic E-state index is 11.8. The molecule has 5 nitrogen and oxygen atoms in total. The number of benzene rings is 1. The minimum Gasteiger partial charge on any atom is -0.496 e. The number of methoxy groups -OCH3 is 1. The molecule has 0 radical (unpaired) electrons. The smallest absolute Gasteiger partial charge is 0.253 e. The van der Waals surface area contributed by atoms with E-state index in [2.05, 4.69) is 27.6 Å². The lowest BCUT2D eigenvalue weighted by Crippen LogP contribution is -2.23. The quantitative estimate of drug-likeness (QED) is 0.831. The van der Waals surface area contributed by atoms with E-state index in [0.717, 1.165) is 24.4 Å². The van der Waals surface area contributed by atoms with Crippen LogP contribution in [-0.2, 0) is 6.42 Å². The van der Waals surface area contributed by atoms with Crippen molar-refractivity contribution in [3.63, 3.8) is 0 Å². The highest BCUT2D eigenvalue weighted by molar-refractivity contribution is 5.94. The number of hydrogen-bond donors (Lipinski definition) is 2. The SMILES string of the molecule is C#CCNC(=O)c1ccc(NC2CCc3c(OC)cccc32)nc1. The van der Waals surface area contributed by atoms with Crippen LogP contribution < -0.4 is 15.4 Å². The molecule has 0 saturated heterocycles. The molecular formula is C19H19N3O2. The Bertz CT molecular complexity index is 778. The van der Waals surface area contributed by atoms with E-state index in [1.807, 2.05) is 18.2 Å². The molecule has 1 atom stereocenters. The Morgan fingerprint density at radius 3 is 3.00 bits per heavy atom. The van der Waals surface area contributed by atoms with E-state index in [4.69, 9.17) is 11.2 Å². The number of pyridine rings is 1. The number of rotatable bonds is 5. The monoisotopic (exact) mass is 321 g/mol. The Kier molecular flexibility index (Phi) is 4.66. The van der Waals surface area contributed by atoms with Crippen molar-refractivity contribution in [1.29, 1.82) is 0 Å². The Balaban J connectivity index is 1.71. The summed E-state index contributed by atoms with van der Waals surface area (Å²) in [5.41, 5.74) is 2.99. The average molecular weight is 321 g/mol. The van der Waals surface area contributed by atoms with Gasteiger partial charge in [0.05, 0.1) is 25.3 Å². The molecule has 5 heteroatoms. The molecule has 1 aliphatic rings. The van der Waals surface area contributed by atoms with Gasteiger partial charge in [-0.3, -0.25) is 4.79 Å². The zero-order valence-corrected chi connectivity index (χ0v) is 13.5. The van der Waals surface area contributed by atoms with Crippen LogP contribution in [0.1, 0.15) is 33.9 Å². The summed E-state index contributed by atoms with van der Waals surface area (Å²) in [4.78, 5) is 16.1. The molecule has 2 aromatic rings. The first-order valence-corrected chi connectivity index (χ1v) is 7.83. The summed E-state index contributed by atoms with van der Waals surface area (Å²) in [6, 6.07) is 9.85. The number of aromatic nitrogens is 1. The van der Waals surface area contributed by atoms with Crippen LogP contribution in [0.15, 0.2) is 36.5 Å². The maximum Gasteiger partial charge on any atom is 0.253 e. The highest BCUT2D eigenvalue weighted by atomic mass is 16.5. The molecule has 2 N–H and O–H groups in total.